The van der Waals surface area contributed by atoms with Crippen molar-refractivity contribution in [3.05, 3.63) is 0 Å². The molecule has 0 aromatic rings. The van der Waals surface area contributed by atoms with Crippen LogP contribution in [0.3, 0.4) is 0 Å². The molecule has 1 N–H and O–H groups in total. The third-order valence-corrected chi connectivity index (χ3v) is 5.44. The first-order valence-electron chi connectivity index (χ1n) is 9.35. The van der Waals surface area contributed by atoms with E-state index in [2.05, 4.69) is 13.8 Å². The zero-order chi connectivity index (χ0) is 17.1. The molecule has 0 radical (unpaired) electrons. The third-order valence-electron chi connectivity index (χ3n) is 3.62. The second-order valence-electron chi connectivity index (χ2n) is 6.00. The van der Waals surface area contributed by atoms with Gasteiger partial charge in [0.25, 0.3) is 0 Å². The van der Waals surface area contributed by atoms with E-state index in [-0.39, 0.29) is 6.61 Å². The highest BCUT2D eigenvalue weighted by molar-refractivity contribution is 7.91. The summed E-state index contributed by atoms with van der Waals surface area (Å²) in [6.07, 6.45) is 13.8. The molecular weight excluding hydrogens is 296 g/mol. The van der Waals surface area contributed by atoms with Crippen molar-refractivity contribution in [1.29, 1.82) is 0 Å². The van der Waals surface area contributed by atoms with Crippen molar-refractivity contribution >= 4 is 9.84 Å². The van der Waals surface area contributed by atoms with Crippen LogP contribution in [0.15, 0.2) is 0 Å². The zero-order valence-corrected chi connectivity index (χ0v) is 16.1. The summed E-state index contributed by atoms with van der Waals surface area (Å²) in [5.74, 6) is 0.822. The third kappa shape index (κ3) is 22.2. The van der Waals surface area contributed by atoms with E-state index in [9.17, 15) is 8.42 Å². The molecule has 4 heteroatoms. The highest BCUT2D eigenvalue weighted by atomic mass is 32.2. The van der Waals surface area contributed by atoms with Crippen LogP contribution >= 0.6 is 0 Å². The lowest BCUT2D eigenvalue weighted by molar-refractivity contribution is 0.318. The van der Waals surface area contributed by atoms with Crippen LogP contribution in [0.25, 0.3) is 0 Å². The molecule has 0 fully saturated rings. The molecule has 0 aromatic heterocycles. The molecular formula is C18H40O3S. The minimum Gasteiger partial charge on any atom is -0.397 e. The molecule has 0 heterocycles. The number of aliphatic hydroxyl groups excluding tert-OH is 1. The Labute approximate surface area is 139 Å². The summed E-state index contributed by atoms with van der Waals surface area (Å²) in [4.78, 5) is 0. The molecule has 22 heavy (non-hydrogen) atoms. The molecule has 136 valence electrons. The first kappa shape index (κ1) is 24.2. The molecule has 3 nitrogen and oxygen atoms in total. The van der Waals surface area contributed by atoms with E-state index in [0.29, 0.717) is 11.5 Å². The lowest BCUT2D eigenvalue weighted by Crippen LogP contribution is -2.11. The quantitative estimate of drug-likeness (QED) is 0.448. The Bertz CT molecular complexity index is 265. The van der Waals surface area contributed by atoms with Gasteiger partial charge in [0.2, 0.25) is 0 Å². The fourth-order valence-electron chi connectivity index (χ4n) is 2.31. The van der Waals surface area contributed by atoms with Crippen molar-refractivity contribution in [3.63, 3.8) is 0 Å². The molecule has 0 spiro atoms. The van der Waals surface area contributed by atoms with Crippen molar-refractivity contribution in [2.75, 3.05) is 18.1 Å². The fraction of sp³-hybridized carbons (Fsp3) is 1.00. The predicted octanol–water partition coefficient (Wildman–Crippen LogP) is 5.12. The molecule has 0 aliphatic rings. The second kappa shape index (κ2) is 19.0. The van der Waals surface area contributed by atoms with Gasteiger partial charge in [-0.1, -0.05) is 78.1 Å². The minimum absolute atomic E-state index is 0.250. The molecule has 0 saturated carbocycles. The van der Waals surface area contributed by atoms with Gasteiger partial charge in [0.05, 0.1) is 11.5 Å². The first-order chi connectivity index (χ1) is 10.5. The standard InChI is InChI=1S/C16H34O2S.C2H6O/c1-3-5-7-9-11-13-15-19(17,18)16-14-12-10-8-6-4-2;1-2-3/h3-16H2,1-2H3;3H,2H2,1H3. The van der Waals surface area contributed by atoms with Crippen LogP contribution in [0.4, 0.5) is 0 Å². The second-order valence-corrected chi connectivity index (χ2v) is 8.31. The first-order valence-corrected chi connectivity index (χ1v) is 11.2. The van der Waals surface area contributed by atoms with Crippen molar-refractivity contribution < 1.29 is 13.5 Å². The predicted molar refractivity (Wildman–Crippen MR) is 98.2 cm³/mol. The van der Waals surface area contributed by atoms with Crippen LogP contribution in [-0.2, 0) is 9.84 Å². The summed E-state index contributed by atoms with van der Waals surface area (Å²) >= 11 is 0. The summed E-state index contributed by atoms with van der Waals surface area (Å²) in [7, 11) is -2.77. The van der Waals surface area contributed by atoms with Crippen LogP contribution in [0.2, 0.25) is 0 Å². The molecule has 0 aliphatic heterocycles. The van der Waals surface area contributed by atoms with E-state index in [0.717, 1.165) is 25.7 Å². The average Bonchev–Trinajstić information content (AvgIpc) is 2.47. The van der Waals surface area contributed by atoms with Gasteiger partial charge >= 0.3 is 0 Å². The lowest BCUT2D eigenvalue weighted by atomic mass is 10.1. The SMILES string of the molecule is CCCCCCCCS(=O)(=O)CCCCCCCC.CCO. The lowest BCUT2D eigenvalue weighted by Gasteiger charge is -2.04. The highest BCUT2D eigenvalue weighted by Crippen LogP contribution is 2.09. The van der Waals surface area contributed by atoms with E-state index < -0.39 is 9.84 Å². The normalized spacial score (nSPS) is 11.1. The van der Waals surface area contributed by atoms with Crippen molar-refractivity contribution in [2.45, 2.75) is 97.8 Å². The Morgan fingerprint density at radius 3 is 1.18 bits per heavy atom. The molecule has 0 rings (SSSR count). The monoisotopic (exact) mass is 336 g/mol. The maximum Gasteiger partial charge on any atom is 0.150 e. The number of hydrogen-bond donors (Lipinski definition) is 1. The molecule has 0 saturated heterocycles. The Morgan fingerprint density at radius 2 is 0.864 bits per heavy atom. The molecule has 0 bridgehead atoms. The Hall–Kier alpha value is -0.0900. The van der Waals surface area contributed by atoms with Crippen molar-refractivity contribution in [1.82, 2.24) is 0 Å². The van der Waals surface area contributed by atoms with Gasteiger partial charge in [0, 0.05) is 6.61 Å². The maximum absolute atomic E-state index is 11.8. The summed E-state index contributed by atoms with van der Waals surface area (Å²) in [6, 6.07) is 0. The van der Waals surface area contributed by atoms with E-state index in [4.69, 9.17) is 5.11 Å². The van der Waals surface area contributed by atoms with Crippen LogP contribution in [0.5, 0.6) is 0 Å². The molecule has 0 unspecified atom stereocenters. The molecule has 0 amide bonds. The summed E-state index contributed by atoms with van der Waals surface area (Å²) in [5, 5.41) is 7.57. The van der Waals surface area contributed by atoms with E-state index >= 15 is 0 Å². The van der Waals surface area contributed by atoms with Crippen LogP contribution in [-0.4, -0.2) is 31.6 Å². The van der Waals surface area contributed by atoms with E-state index in [1.807, 2.05) is 0 Å². The smallest absolute Gasteiger partial charge is 0.150 e. The number of rotatable bonds is 14. The van der Waals surface area contributed by atoms with Crippen molar-refractivity contribution in [2.24, 2.45) is 0 Å². The average molecular weight is 337 g/mol. The van der Waals surface area contributed by atoms with Gasteiger partial charge in [0.1, 0.15) is 9.84 Å². The molecule has 0 aromatic carbocycles. The van der Waals surface area contributed by atoms with Crippen LogP contribution in [0, 0.1) is 0 Å². The van der Waals surface area contributed by atoms with Gasteiger partial charge in [-0.05, 0) is 19.8 Å². The zero-order valence-electron chi connectivity index (χ0n) is 15.3. The van der Waals surface area contributed by atoms with Gasteiger partial charge in [-0.3, -0.25) is 0 Å². The van der Waals surface area contributed by atoms with Gasteiger partial charge in [-0.25, -0.2) is 8.42 Å². The fourth-order valence-corrected chi connectivity index (χ4v) is 3.80. The topological polar surface area (TPSA) is 54.4 Å². The number of hydrogen-bond acceptors (Lipinski definition) is 3. The highest BCUT2D eigenvalue weighted by Gasteiger charge is 2.09. The molecule has 0 atom stereocenters. The maximum atomic E-state index is 11.8. The molecule has 0 aliphatic carbocycles. The largest absolute Gasteiger partial charge is 0.397 e. The summed E-state index contributed by atoms with van der Waals surface area (Å²) < 4.78 is 23.6. The van der Waals surface area contributed by atoms with E-state index in [1.165, 1.54) is 51.4 Å². The van der Waals surface area contributed by atoms with Gasteiger partial charge < -0.3 is 5.11 Å². The number of sulfone groups is 1. The van der Waals surface area contributed by atoms with Gasteiger partial charge in [-0.2, -0.15) is 0 Å². The summed E-state index contributed by atoms with van der Waals surface area (Å²) in [5.41, 5.74) is 0. The van der Waals surface area contributed by atoms with Crippen LogP contribution < -0.4 is 0 Å². The van der Waals surface area contributed by atoms with Gasteiger partial charge in [-0.15, -0.1) is 0 Å². The minimum atomic E-state index is -2.77. The Morgan fingerprint density at radius 1 is 0.591 bits per heavy atom. The van der Waals surface area contributed by atoms with E-state index in [1.54, 1.807) is 6.92 Å². The number of unbranched alkanes of at least 4 members (excludes halogenated alkanes) is 10. The van der Waals surface area contributed by atoms with Crippen molar-refractivity contribution in [3.8, 4) is 0 Å². The van der Waals surface area contributed by atoms with Gasteiger partial charge in [0.15, 0.2) is 0 Å². The Balaban J connectivity index is 0. The van der Waals surface area contributed by atoms with Crippen LogP contribution in [0.1, 0.15) is 97.8 Å². The Kier molecular flexibility index (Phi) is 20.8. The summed E-state index contributed by atoms with van der Waals surface area (Å²) in [6.45, 7) is 6.33. The number of aliphatic hydroxyl groups is 1.